The van der Waals surface area contributed by atoms with Gasteiger partial charge >= 0.3 is 5.97 Å². The minimum atomic E-state index is -0.709. The Bertz CT molecular complexity index is 437. The van der Waals surface area contributed by atoms with E-state index in [1.165, 1.54) is 0 Å². The molecule has 0 spiro atoms. The molecular formula is C14H21N3O2. The van der Waals surface area contributed by atoms with Crippen molar-refractivity contribution >= 4 is 11.9 Å². The Morgan fingerprint density at radius 2 is 2.00 bits per heavy atom. The molecule has 1 saturated carbocycles. The Hall–Kier alpha value is -1.65. The largest absolute Gasteiger partial charge is 0.481 e. The van der Waals surface area contributed by atoms with Gasteiger partial charge in [0.1, 0.15) is 0 Å². The molecule has 104 valence electrons. The molecule has 1 aliphatic rings. The molecule has 0 unspecified atom stereocenters. The fraction of sp³-hybridized carbons (Fsp3) is 0.643. The third-order valence-corrected chi connectivity index (χ3v) is 4.05. The smallest absolute Gasteiger partial charge is 0.311 e. The van der Waals surface area contributed by atoms with Gasteiger partial charge in [0.2, 0.25) is 5.95 Å². The van der Waals surface area contributed by atoms with Crippen LogP contribution in [0, 0.1) is 18.3 Å². The molecular weight excluding hydrogens is 242 g/mol. The Morgan fingerprint density at radius 1 is 1.42 bits per heavy atom. The van der Waals surface area contributed by atoms with Gasteiger partial charge in [0.25, 0.3) is 0 Å². The van der Waals surface area contributed by atoms with E-state index < -0.39 is 11.4 Å². The maximum atomic E-state index is 11.6. The highest BCUT2D eigenvalue weighted by molar-refractivity contribution is 5.75. The molecule has 0 atom stereocenters. The molecule has 19 heavy (non-hydrogen) atoms. The molecule has 1 aromatic heterocycles. The zero-order chi connectivity index (χ0) is 13.9. The number of nitrogens with zero attached hydrogens (tertiary/aromatic N) is 2. The van der Waals surface area contributed by atoms with Gasteiger partial charge in [0, 0.05) is 18.9 Å². The maximum Gasteiger partial charge on any atom is 0.311 e. The van der Waals surface area contributed by atoms with Crippen LogP contribution in [0.1, 0.15) is 38.2 Å². The Labute approximate surface area is 113 Å². The van der Waals surface area contributed by atoms with E-state index in [2.05, 4.69) is 22.2 Å². The summed E-state index contributed by atoms with van der Waals surface area (Å²) in [7, 11) is 0. The average Bonchev–Trinajstić information content (AvgIpc) is 2.40. The molecule has 0 bridgehead atoms. The van der Waals surface area contributed by atoms with Gasteiger partial charge in [-0.25, -0.2) is 9.97 Å². The summed E-state index contributed by atoms with van der Waals surface area (Å²) in [4.78, 5) is 19.9. The lowest BCUT2D eigenvalue weighted by Crippen LogP contribution is -2.41. The van der Waals surface area contributed by atoms with Crippen molar-refractivity contribution in [2.75, 3.05) is 11.9 Å². The molecule has 1 aromatic rings. The number of anilines is 1. The minimum Gasteiger partial charge on any atom is -0.481 e. The number of hydrogen-bond donors (Lipinski definition) is 2. The Kier molecular flexibility index (Phi) is 4.02. The minimum absolute atomic E-state index is 0.401. The molecule has 0 radical (unpaired) electrons. The predicted octanol–water partition coefficient (Wildman–Crippen LogP) is 2.48. The van der Waals surface area contributed by atoms with E-state index in [4.69, 9.17) is 0 Å². The van der Waals surface area contributed by atoms with Gasteiger partial charge in [-0.2, -0.15) is 0 Å². The molecule has 5 heteroatoms. The average molecular weight is 263 g/mol. The lowest BCUT2D eigenvalue weighted by atomic mass is 9.71. The van der Waals surface area contributed by atoms with Crippen molar-refractivity contribution in [2.45, 2.75) is 39.5 Å². The third kappa shape index (κ3) is 3.22. The zero-order valence-electron chi connectivity index (χ0n) is 11.5. The predicted molar refractivity (Wildman–Crippen MR) is 73.0 cm³/mol. The molecule has 0 saturated heterocycles. The summed E-state index contributed by atoms with van der Waals surface area (Å²) in [5.41, 5.74) is 0.325. The normalized spacial score (nSPS) is 26.9. The second-order valence-electron chi connectivity index (χ2n) is 5.71. The molecule has 0 amide bonds. The highest BCUT2D eigenvalue weighted by Crippen LogP contribution is 2.39. The van der Waals surface area contributed by atoms with Crippen LogP contribution in [0.4, 0.5) is 5.95 Å². The number of carboxylic acids is 1. The summed E-state index contributed by atoms with van der Waals surface area (Å²) in [6.45, 7) is 4.51. The van der Waals surface area contributed by atoms with Crippen LogP contribution in [0.5, 0.6) is 0 Å². The van der Waals surface area contributed by atoms with Crippen molar-refractivity contribution in [3.05, 3.63) is 18.0 Å². The van der Waals surface area contributed by atoms with Crippen molar-refractivity contribution in [3.63, 3.8) is 0 Å². The van der Waals surface area contributed by atoms with Crippen LogP contribution in [0.3, 0.4) is 0 Å². The standard InChI is InChI=1S/C14H21N3O2/c1-10-3-5-14(6-4-10,12(18)19)9-17-13-15-7-11(2)8-16-13/h7-8,10H,3-6,9H2,1-2H3,(H,18,19)(H,15,16,17). The Morgan fingerprint density at radius 3 is 2.53 bits per heavy atom. The highest BCUT2D eigenvalue weighted by atomic mass is 16.4. The van der Waals surface area contributed by atoms with Crippen LogP contribution in [-0.2, 0) is 4.79 Å². The summed E-state index contributed by atoms with van der Waals surface area (Å²) >= 11 is 0. The first-order chi connectivity index (χ1) is 9.02. The van der Waals surface area contributed by atoms with Gasteiger partial charge in [-0.15, -0.1) is 0 Å². The fourth-order valence-corrected chi connectivity index (χ4v) is 2.51. The number of nitrogens with one attached hydrogen (secondary N) is 1. The van der Waals surface area contributed by atoms with E-state index in [1.54, 1.807) is 12.4 Å². The summed E-state index contributed by atoms with van der Waals surface area (Å²) in [5, 5.41) is 12.6. The maximum absolute atomic E-state index is 11.6. The second-order valence-corrected chi connectivity index (χ2v) is 5.71. The Balaban J connectivity index is 2.01. The van der Waals surface area contributed by atoms with E-state index >= 15 is 0 Å². The molecule has 0 aliphatic heterocycles. The molecule has 0 aromatic carbocycles. The SMILES string of the molecule is Cc1cnc(NCC2(C(=O)O)CCC(C)CC2)nc1. The number of rotatable bonds is 4. The number of aromatic nitrogens is 2. The molecule has 5 nitrogen and oxygen atoms in total. The van der Waals surface area contributed by atoms with E-state index in [0.29, 0.717) is 18.4 Å². The molecule has 1 fully saturated rings. The lowest BCUT2D eigenvalue weighted by molar-refractivity contribution is -0.150. The van der Waals surface area contributed by atoms with E-state index in [1.807, 2.05) is 6.92 Å². The van der Waals surface area contributed by atoms with Crippen LogP contribution in [-0.4, -0.2) is 27.6 Å². The van der Waals surface area contributed by atoms with Crippen molar-refractivity contribution in [3.8, 4) is 0 Å². The first-order valence-corrected chi connectivity index (χ1v) is 6.78. The van der Waals surface area contributed by atoms with E-state index in [-0.39, 0.29) is 0 Å². The van der Waals surface area contributed by atoms with Crippen LogP contribution in [0.15, 0.2) is 12.4 Å². The first kappa shape index (κ1) is 13.8. The quantitative estimate of drug-likeness (QED) is 0.872. The second kappa shape index (κ2) is 5.55. The highest BCUT2D eigenvalue weighted by Gasteiger charge is 2.41. The number of carbonyl (C=O) groups is 1. The van der Waals surface area contributed by atoms with E-state index in [9.17, 15) is 9.90 Å². The summed E-state index contributed by atoms with van der Waals surface area (Å²) in [6, 6.07) is 0. The molecule has 1 aliphatic carbocycles. The summed E-state index contributed by atoms with van der Waals surface area (Å²) < 4.78 is 0. The van der Waals surface area contributed by atoms with Gasteiger partial charge < -0.3 is 10.4 Å². The number of aryl methyl sites for hydroxylation is 1. The van der Waals surface area contributed by atoms with Crippen LogP contribution >= 0.6 is 0 Å². The van der Waals surface area contributed by atoms with E-state index in [0.717, 1.165) is 31.2 Å². The number of hydrogen-bond acceptors (Lipinski definition) is 4. The molecule has 2 N–H and O–H groups in total. The van der Waals surface area contributed by atoms with Gasteiger partial charge in [0.15, 0.2) is 0 Å². The van der Waals surface area contributed by atoms with Crippen LogP contribution in [0.2, 0.25) is 0 Å². The number of aliphatic carboxylic acids is 1. The lowest BCUT2D eigenvalue weighted by Gasteiger charge is -2.35. The van der Waals surface area contributed by atoms with Gasteiger partial charge in [-0.3, -0.25) is 4.79 Å². The zero-order valence-corrected chi connectivity index (χ0v) is 11.5. The van der Waals surface area contributed by atoms with Crippen LogP contribution in [0.25, 0.3) is 0 Å². The van der Waals surface area contributed by atoms with Gasteiger partial charge in [0.05, 0.1) is 5.41 Å². The van der Waals surface area contributed by atoms with Crippen molar-refractivity contribution < 1.29 is 9.90 Å². The number of carboxylic acid groups (broad SMARTS) is 1. The fourth-order valence-electron chi connectivity index (χ4n) is 2.51. The van der Waals surface area contributed by atoms with Crippen LogP contribution < -0.4 is 5.32 Å². The third-order valence-electron chi connectivity index (χ3n) is 4.05. The summed E-state index contributed by atoms with van der Waals surface area (Å²) in [6.07, 6.45) is 6.85. The van der Waals surface area contributed by atoms with Crippen molar-refractivity contribution in [1.29, 1.82) is 0 Å². The first-order valence-electron chi connectivity index (χ1n) is 6.78. The molecule has 1 heterocycles. The van der Waals surface area contributed by atoms with Crippen molar-refractivity contribution in [1.82, 2.24) is 9.97 Å². The summed E-state index contributed by atoms with van der Waals surface area (Å²) in [5.74, 6) is 0.423. The van der Waals surface area contributed by atoms with Gasteiger partial charge in [-0.1, -0.05) is 6.92 Å². The van der Waals surface area contributed by atoms with Gasteiger partial charge in [-0.05, 0) is 44.1 Å². The monoisotopic (exact) mass is 263 g/mol. The molecule has 2 rings (SSSR count). The van der Waals surface area contributed by atoms with Crippen molar-refractivity contribution in [2.24, 2.45) is 11.3 Å². The topological polar surface area (TPSA) is 75.1 Å².